The number of benzene rings is 1. The fourth-order valence-electron chi connectivity index (χ4n) is 2.66. The van der Waals surface area contributed by atoms with E-state index in [1.54, 1.807) is 0 Å². The van der Waals surface area contributed by atoms with Crippen LogP contribution in [0.5, 0.6) is 0 Å². The summed E-state index contributed by atoms with van der Waals surface area (Å²) in [6.45, 7) is 2.35. The minimum atomic E-state index is 0.734. The van der Waals surface area contributed by atoms with E-state index in [1.807, 2.05) is 0 Å². The van der Waals surface area contributed by atoms with E-state index in [1.165, 1.54) is 36.1 Å². The highest BCUT2D eigenvalue weighted by Crippen LogP contribution is 2.28. The van der Waals surface area contributed by atoms with Gasteiger partial charge in [-0.1, -0.05) is 30.4 Å². The molecule has 1 aliphatic heterocycles. The zero-order valence-electron chi connectivity index (χ0n) is 9.00. The van der Waals surface area contributed by atoms with Crippen LogP contribution in [0.15, 0.2) is 24.3 Å². The lowest BCUT2D eigenvalue weighted by molar-refractivity contribution is 0.461. The van der Waals surface area contributed by atoms with Crippen molar-refractivity contribution in [2.75, 3.05) is 13.1 Å². The van der Waals surface area contributed by atoms with E-state index in [4.69, 9.17) is 0 Å². The monoisotopic (exact) mass is 199 g/mol. The minimum Gasteiger partial charge on any atom is -0.316 e. The number of rotatable bonds is 1. The van der Waals surface area contributed by atoms with Gasteiger partial charge in [0.15, 0.2) is 0 Å². The fraction of sp³-hybridized carbons (Fsp3) is 0.429. The van der Waals surface area contributed by atoms with Crippen LogP contribution in [0.1, 0.15) is 35.4 Å². The summed E-state index contributed by atoms with van der Waals surface area (Å²) in [6.07, 6.45) is 8.30. The summed E-state index contributed by atoms with van der Waals surface area (Å²) in [7, 11) is 0. The summed E-state index contributed by atoms with van der Waals surface area (Å²) in [5.74, 6) is 0.734. The van der Waals surface area contributed by atoms with Gasteiger partial charge in [-0.3, -0.25) is 0 Å². The molecule has 1 heterocycles. The third-order valence-electron chi connectivity index (χ3n) is 3.57. The Morgan fingerprint density at radius 3 is 3.13 bits per heavy atom. The molecule has 0 bridgehead atoms. The first-order chi connectivity index (χ1) is 7.43. The van der Waals surface area contributed by atoms with Gasteiger partial charge < -0.3 is 5.32 Å². The van der Waals surface area contributed by atoms with Crippen LogP contribution in [-0.2, 0) is 6.42 Å². The maximum absolute atomic E-state index is 3.48. The van der Waals surface area contributed by atoms with Crippen LogP contribution in [0, 0.1) is 0 Å². The number of allylic oxidation sites excluding steroid dienone is 1. The first kappa shape index (κ1) is 9.17. The van der Waals surface area contributed by atoms with Crippen molar-refractivity contribution in [3.63, 3.8) is 0 Å². The zero-order valence-corrected chi connectivity index (χ0v) is 9.00. The number of piperidine rings is 1. The predicted octanol–water partition coefficient (Wildman–Crippen LogP) is 2.72. The van der Waals surface area contributed by atoms with Crippen LogP contribution in [0.25, 0.3) is 6.08 Å². The van der Waals surface area contributed by atoms with Crippen molar-refractivity contribution < 1.29 is 0 Å². The second-order valence-electron chi connectivity index (χ2n) is 4.61. The maximum atomic E-state index is 3.48. The molecule has 1 heteroatoms. The molecule has 0 radical (unpaired) electrons. The van der Waals surface area contributed by atoms with E-state index in [0.29, 0.717) is 0 Å². The van der Waals surface area contributed by atoms with Crippen molar-refractivity contribution in [2.24, 2.45) is 0 Å². The van der Waals surface area contributed by atoms with Crippen molar-refractivity contribution in [1.29, 1.82) is 0 Å². The largest absolute Gasteiger partial charge is 0.316 e. The summed E-state index contributed by atoms with van der Waals surface area (Å²) in [5.41, 5.74) is 4.45. The summed E-state index contributed by atoms with van der Waals surface area (Å²) in [6, 6.07) is 7.01. The second-order valence-corrected chi connectivity index (χ2v) is 4.61. The molecule has 1 nitrogen and oxygen atoms in total. The molecule has 0 spiro atoms. The number of hydrogen-bond acceptors (Lipinski definition) is 1. The van der Waals surface area contributed by atoms with E-state index in [0.717, 1.165) is 18.9 Å². The Kier molecular flexibility index (Phi) is 2.34. The Morgan fingerprint density at radius 2 is 2.27 bits per heavy atom. The SMILES string of the molecule is C1=Cc2cc(C3CCCNC3)ccc2C1. The van der Waals surface area contributed by atoms with Gasteiger partial charge in [0.05, 0.1) is 0 Å². The molecular weight excluding hydrogens is 182 g/mol. The van der Waals surface area contributed by atoms with E-state index in [-0.39, 0.29) is 0 Å². The van der Waals surface area contributed by atoms with Gasteiger partial charge in [-0.25, -0.2) is 0 Å². The minimum absolute atomic E-state index is 0.734. The summed E-state index contributed by atoms with van der Waals surface area (Å²) in [5, 5.41) is 3.48. The Morgan fingerprint density at radius 1 is 1.27 bits per heavy atom. The zero-order chi connectivity index (χ0) is 10.1. The van der Waals surface area contributed by atoms with Crippen molar-refractivity contribution in [3.05, 3.63) is 41.0 Å². The summed E-state index contributed by atoms with van der Waals surface area (Å²) >= 11 is 0. The lowest BCUT2D eigenvalue weighted by atomic mass is 9.90. The Balaban J connectivity index is 1.88. The normalized spacial score (nSPS) is 24.1. The average Bonchev–Trinajstić information content (AvgIpc) is 2.77. The van der Waals surface area contributed by atoms with Gasteiger partial charge in [0.2, 0.25) is 0 Å². The Hall–Kier alpha value is -1.08. The maximum Gasteiger partial charge on any atom is 0.00201 e. The molecule has 1 fully saturated rings. The van der Waals surface area contributed by atoms with Crippen molar-refractivity contribution in [2.45, 2.75) is 25.2 Å². The standard InChI is InChI=1S/C14H17N/c1-3-11-6-7-13(9-12(11)4-1)14-5-2-8-15-10-14/h1,4,6-7,9,14-15H,2-3,5,8,10H2. The van der Waals surface area contributed by atoms with Crippen LogP contribution in [0.2, 0.25) is 0 Å². The molecule has 1 aromatic carbocycles. The smallest absolute Gasteiger partial charge is 0.00201 e. The molecule has 0 aromatic heterocycles. The first-order valence-electron chi connectivity index (χ1n) is 5.93. The molecule has 3 rings (SSSR count). The molecule has 0 saturated carbocycles. The van der Waals surface area contributed by atoms with E-state index < -0.39 is 0 Å². The van der Waals surface area contributed by atoms with Gasteiger partial charge in [-0.15, -0.1) is 0 Å². The van der Waals surface area contributed by atoms with Crippen LogP contribution < -0.4 is 5.32 Å². The van der Waals surface area contributed by atoms with E-state index >= 15 is 0 Å². The summed E-state index contributed by atoms with van der Waals surface area (Å²) in [4.78, 5) is 0. The first-order valence-corrected chi connectivity index (χ1v) is 5.93. The molecule has 0 amide bonds. The third-order valence-corrected chi connectivity index (χ3v) is 3.57. The van der Waals surface area contributed by atoms with Crippen molar-refractivity contribution in [1.82, 2.24) is 5.32 Å². The third kappa shape index (κ3) is 1.72. The van der Waals surface area contributed by atoms with Gasteiger partial charge in [-0.2, -0.15) is 0 Å². The lowest BCUT2D eigenvalue weighted by Gasteiger charge is -2.23. The lowest BCUT2D eigenvalue weighted by Crippen LogP contribution is -2.28. The van der Waals surface area contributed by atoms with E-state index in [2.05, 4.69) is 35.7 Å². The second kappa shape index (κ2) is 3.82. The quantitative estimate of drug-likeness (QED) is 0.733. The molecule has 2 aliphatic rings. The topological polar surface area (TPSA) is 12.0 Å². The van der Waals surface area contributed by atoms with Crippen LogP contribution in [0.3, 0.4) is 0 Å². The molecule has 78 valence electrons. The van der Waals surface area contributed by atoms with Crippen LogP contribution >= 0.6 is 0 Å². The number of hydrogen-bond donors (Lipinski definition) is 1. The Labute approximate surface area is 91.2 Å². The molecule has 1 aliphatic carbocycles. The van der Waals surface area contributed by atoms with Gasteiger partial charge in [-0.05, 0) is 48.4 Å². The highest BCUT2D eigenvalue weighted by molar-refractivity contribution is 5.60. The highest BCUT2D eigenvalue weighted by atomic mass is 14.9. The van der Waals surface area contributed by atoms with Crippen LogP contribution in [-0.4, -0.2) is 13.1 Å². The molecule has 1 atom stereocenters. The van der Waals surface area contributed by atoms with Gasteiger partial charge >= 0.3 is 0 Å². The average molecular weight is 199 g/mol. The number of fused-ring (bicyclic) bond motifs is 1. The predicted molar refractivity (Wildman–Crippen MR) is 64.0 cm³/mol. The number of nitrogens with one attached hydrogen (secondary N) is 1. The molecule has 15 heavy (non-hydrogen) atoms. The van der Waals surface area contributed by atoms with Crippen LogP contribution in [0.4, 0.5) is 0 Å². The van der Waals surface area contributed by atoms with Crippen molar-refractivity contribution in [3.8, 4) is 0 Å². The molecule has 1 aromatic rings. The highest BCUT2D eigenvalue weighted by Gasteiger charge is 2.16. The molecule has 1 unspecified atom stereocenters. The summed E-state index contributed by atoms with van der Waals surface area (Å²) < 4.78 is 0. The molecule has 1 N–H and O–H groups in total. The van der Waals surface area contributed by atoms with Gasteiger partial charge in [0.1, 0.15) is 0 Å². The van der Waals surface area contributed by atoms with E-state index in [9.17, 15) is 0 Å². The molecular formula is C14H17N. The van der Waals surface area contributed by atoms with Gasteiger partial charge in [0, 0.05) is 6.54 Å². The Bertz CT molecular complexity index is 386. The van der Waals surface area contributed by atoms with Crippen molar-refractivity contribution >= 4 is 6.08 Å². The molecule has 1 saturated heterocycles. The fourth-order valence-corrected chi connectivity index (χ4v) is 2.66. The van der Waals surface area contributed by atoms with Gasteiger partial charge in [0.25, 0.3) is 0 Å².